The normalized spacial score (nSPS) is 11.1. The van der Waals surface area contributed by atoms with Gasteiger partial charge in [-0.1, -0.05) is 60.6 Å². The van der Waals surface area contributed by atoms with Crippen molar-refractivity contribution in [1.29, 1.82) is 0 Å². The summed E-state index contributed by atoms with van der Waals surface area (Å²) in [6.45, 7) is 5.19. The van der Waals surface area contributed by atoms with Gasteiger partial charge in [0.1, 0.15) is 11.3 Å². The van der Waals surface area contributed by atoms with Gasteiger partial charge >= 0.3 is 5.69 Å². The minimum Gasteiger partial charge on any atom is -0.497 e. The molecule has 2 aromatic carbocycles. The number of nitrogens with zero attached hydrogens (tertiary/aromatic N) is 3. The third-order valence-corrected chi connectivity index (χ3v) is 6.17. The number of thioether (sulfide) groups is 1. The van der Waals surface area contributed by atoms with Crippen molar-refractivity contribution in [3.05, 3.63) is 75.7 Å². The standard InChI is InChI=1S/C24H27N5O2S/c1-4-13-32-23-27-21(25-14-17-9-11-19(31-3)12-10-17)20-22(28-23)29(24(30)26-20)15-18-7-5-16(2)6-8-18/h5-12H,4,13-15H2,1-3H3,(H,26,30)(H,25,27,28). The lowest BCUT2D eigenvalue weighted by Crippen LogP contribution is -2.17. The van der Waals surface area contributed by atoms with E-state index in [0.717, 1.165) is 29.1 Å². The highest BCUT2D eigenvalue weighted by Gasteiger charge is 2.16. The van der Waals surface area contributed by atoms with E-state index in [4.69, 9.17) is 14.7 Å². The Morgan fingerprint density at radius 2 is 1.78 bits per heavy atom. The SMILES string of the molecule is CCCSc1nc(NCc2ccc(OC)cc2)c2[nH]c(=O)n(Cc3ccc(C)cc3)c2n1. The molecule has 32 heavy (non-hydrogen) atoms. The maximum atomic E-state index is 12.8. The van der Waals surface area contributed by atoms with Crippen LogP contribution in [0, 0.1) is 6.92 Å². The van der Waals surface area contributed by atoms with Crippen LogP contribution in [0.25, 0.3) is 11.2 Å². The fraction of sp³-hybridized carbons (Fsp3) is 0.292. The molecule has 2 N–H and O–H groups in total. The molecule has 0 unspecified atom stereocenters. The van der Waals surface area contributed by atoms with Crippen LogP contribution >= 0.6 is 11.8 Å². The van der Waals surface area contributed by atoms with Crippen molar-refractivity contribution in [2.24, 2.45) is 0 Å². The monoisotopic (exact) mass is 449 g/mol. The number of nitrogens with one attached hydrogen (secondary N) is 2. The summed E-state index contributed by atoms with van der Waals surface area (Å²) < 4.78 is 6.90. The van der Waals surface area contributed by atoms with Crippen LogP contribution in [-0.2, 0) is 13.1 Å². The van der Waals surface area contributed by atoms with Crippen LogP contribution in [0.3, 0.4) is 0 Å². The third-order valence-electron chi connectivity index (χ3n) is 5.12. The summed E-state index contributed by atoms with van der Waals surface area (Å²) in [5.74, 6) is 2.36. The fourth-order valence-corrected chi connectivity index (χ4v) is 4.04. The molecule has 0 aliphatic carbocycles. The Labute approximate surface area is 191 Å². The molecule has 8 heteroatoms. The first-order valence-electron chi connectivity index (χ1n) is 10.6. The lowest BCUT2D eigenvalue weighted by atomic mass is 10.1. The topological polar surface area (TPSA) is 84.8 Å². The number of imidazole rings is 1. The number of aromatic nitrogens is 4. The van der Waals surface area contributed by atoms with Gasteiger partial charge in [0.05, 0.1) is 13.7 Å². The molecule has 0 atom stereocenters. The second-order valence-electron chi connectivity index (χ2n) is 7.61. The number of benzene rings is 2. The van der Waals surface area contributed by atoms with Crippen LogP contribution in [0.4, 0.5) is 5.82 Å². The van der Waals surface area contributed by atoms with E-state index in [-0.39, 0.29) is 5.69 Å². The highest BCUT2D eigenvalue weighted by atomic mass is 32.2. The van der Waals surface area contributed by atoms with Crippen molar-refractivity contribution in [1.82, 2.24) is 19.5 Å². The van der Waals surface area contributed by atoms with Crippen molar-refractivity contribution in [2.75, 3.05) is 18.2 Å². The number of methoxy groups -OCH3 is 1. The number of H-pyrrole nitrogens is 1. The number of hydrogen-bond acceptors (Lipinski definition) is 6. The van der Waals surface area contributed by atoms with Gasteiger partial charge in [-0.15, -0.1) is 0 Å². The molecule has 0 radical (unpaired) electrons. The molecule has 0 saturated heterocycles. The van der Waals surface area contributed by atoms with Crippen LogP contribution in [0.1, 0.15) is 30.0 Å². The Hall–Kier alpha value is -3.26. The van der Waals surface area contributed by atoms with Crippen LogP contribution < -0.4 is 15.7 Å². The summed E-state index contributed by atoms with van der Waals surface area (Å²) in [4.78, 5) is 25.2. The molecule has 2 heterocycles. The number of aryl methyl sites for hydroxylation is 1. The molecule has 4 rings (SSSR count). The van der Waals surface area contributed by atoms with Crippen molar-refractivity contribution in [3.63, 3.8) is 0 Å². The molecule has 0 spiro atoms. The first-order valence-corrected chi connectivity index (χ1v) is 11.6. The summed E-state index contributed by atoms with van der Waals surface area (Å²) in [6, 6.07) is 16.0. The maximum absolute atomic E-state index is 12.8. The molecule has 0 aliphatic heterocycles. The van der Waals surface area contributed by atoms with Crippen molar-refractivity contribution in [2.45, 2.75) is 38.5 Å². The predicted octanol–water partition coefficient (Wildman–Crippen LogP) is 4.60. The molecule has 166 valence electrons. The summed E-state index contributed by atoms with van der Waals surface area (Å²) in [5.41, 5.74) is 4.36. The van der Waals surface area contributed by atoms with E-state index >= 15 is 0 Å². The minimum absolute atomic E-state index is 0.194. The first-order chi connectivity index (χ1) is 15.6. The van der Waals surface area contributed by atoms with Crippen LogP contribution in [0.2, 0.25) is 0 Å². The quantitative estimate of drug-likeness (QED) is 0.287. The van der Waals surface area contributed by atoms with E-state index < -0.39 is 0 Å². The lowest BCUT2D eigenvalue weighted by Gasteiger charge is -2.10. The largest absolute Gasteiger partial charge is 0.497 e. The summed E-state index contributed by atoms with van der Waals surface area (Å²) in [7, 11) is 1.65. The Morgan fingerprint density at radius 3 is 2.47 bits per heavy atom. The van der Waals surface area contributed by atoms with Gasteiger partial charge in [-0.05, 0) is 36.6 Å². The van der Waals surface area contributed by atoms with Gasteiger partial charge in [0.15, 0.2) is 16.6 Å². The number of ether oxygens (including phenoxy) is 1. The van der Waals surface area contributed by atoms with E-state index in [1.165, 1.54) is 5.56 Å². The van der Waals surface area contributed by atoms with E-state index in [2.05, 4.69) is 29.4 Å². The Balaban J connectivity index is 1.68. The third kappa shape index (κ3) is 4.96. The first kappa shape index (κ1) is 22.0. The molecule has 0 bridgehead atoms. The highest BCUT2D eigenvalue weighted by molar-refractivity contribution is 7.99. The van der Waals surface area contributed by atoms with Crippen molar-refractivity contribution < 1.29 is 4.74 Å². The second kappa shape index (κ2) is 9.91. The Kier molecular flexibility index (Phi) is 6.80. The smallest absolute Gasteiger partial charge is 0.328 e. The Bertz CT molecular complexity index is 1250. The van der Waals surface area contributed by atoms with Gasteiger partial charge in [-0.25, -0.2) is 14.8 Å². The van der Waals surface area contributed by atoms with E-state index in [0.29, 0.717) is 35.2 Å². The van der Waals surface area contributed by atoms with Gasteiger partial charge in [-0.3, -0.25) is 4.57 Å². The number of hydrogen-bond donors (Lipinski definition) is 2. The molecule has 0 saturated carbocycles. The summed E-state index contributed by atoms with van der Waals surface area (Å²) in [5, 5.41) is 4.04. The number of aromatic amines is 1. The summed E-state index contributed by atoms with van der Waals surface area (Å²) >= 11 is 1.59. The lowest BCUT2D eigenvalue weighted by molar-refractivity contribution is 0.414. The fourth-order valence-electron chi connectivity index (χ4n) is 3.35. The molecule has 0 amide bonds. The predicted molar refractivity (Wildman–Crippen MR) is 130 cm³/mol. The average molecular weight is 450 g/mol. The van der Waals surface area contributed by atoms with Crippen LogP contribution in [0.15, 0.2) is 58.5 Å². The van der Waals surface area contributed by atoms with Crippen LogP contribution in [0.5, 0.6) is 5.75 Å². The Morgan fingerprint density at radius 1 is 1.06 bits per heavy atom. The number of anilines is 1. The highest BCUT2D eigenvalue weighted by Crippen LogP contribution is 2.24. The van der Waals surface area contributed by atoms with Crippen LogP contribution in [-0.4, -0.2) is 32.4 Å². The molecule has 4 aromatic rings. The molecular formula is C24H27N5O2S. The van der Waals surface area contributed by atoms with Crippen molar-refractivity contribution in [3.8, 4) is 5.75 Å². The van der Waals surface area contributed by atoms with E-state index in [1.54, 1.807) is 23.4 Å². The maximum Gasteiger partial charge on any atom is 0.328 e. The number of fused-ring (bicyclic) bond motifs is 1. The van der Waals surface area contributed by atoms with E-state index in [1.807, 2.05) is 43.3 Å². The molecule has 7 nitrogen and oxygen atoms in total. The molecule has 2 aromatic heterocycles. The molecule has 0 aliphatic rings. The zero-order valence-electron chi connectivity index (χ0n) is 18.5. The van der Waals surface area contributed by atoms with Gasteiger partial charge in [0.25, 0.3) is 0 Å². The van der Waals surface area contributed by atoms with Gasteiger partial charge in [0.2, 0.25) is 0 Å². The van der Waals surface area contributed by atoms with Gasteiger partial charge < -0.3 is 15.0 Å². The minimum atomic E-state index is -0.194. The average Bonchev–Trinajstić information content (AvgIpc) is 3.13. The molecular weight excluding hydrogens is 422 g/mol. The van der Waals surface area contributed by atoms with Gasteiger partial charge in [-0.2, -0.15) is 0 Å². The number of rotatable bonds is 9. The van der Waals surface area contributed by atoms with Crippen molar-refractivity contribution >= 4 is 28.7 Å². The second-order valence-corrected chi connectivity index (χ2v) is 8.67. The summed E-state index contributed by atoms with van der Waals surface area (Å²) in [6.07, 6.45) is 1.02. The van der Waals surface area contributed by atoms with E-state index in [9.17, 15) is 4.79 Å². The zero-order chi connectivity index (χ0) is 22.5. The molecule has 0 fully saturated rings. The zero-order valence-corrected chi connectivity index (χ0v) is 19.3. The van der Waals surface area contributed by atoms with Gasteiger partial charge in [0, 0.05) is 12.3 Å².